The molecule has 2 aromatic carbocycles. The molecule has 1 aromatic heterocycles. The van der Waals surface area contributed by atoms with Crippen LogP contribution in [0.3, 0.4) is 0 Å². The van der Waals surface area contributed by atoms with E-state index in [4.69, 9.17) is 9.47 Å². The highest BCUT2D eigenvalue weighted by molar-refractivity contribution is 5.83. The summed E-state index contributed by atoms with van der Waals surface area (Å²) in [5.41, 5.74) is 2.97. The fourth-order valence-corrected chi connectivity index (χ4v) is 3.21. The van der Waals surface area contributed by atoms with Gasteiger partial charge in [-0.2, -0.15) is 0 Å². The van der Waals surface area contributed by atoms with Gasteiger partial charge in [0.2, 0.25) is 6.79 Å². The zero-order valence-corrected chi connectivity index (χ0v) is 15.0. The van der Waals surface area contributed by atoms with Crippen molar-refractivity contribution in [1.82, 2.24) is 15.6 Å². The fourth-order valence-electron chi connectivity index (χ4n) is 3.21. The van der Waals surface area contributed by atoms with Crippen LogP contribution in [0.4, 0.5) is 4.39 Å². The summed E-state index contributed by atoms with van der Waals surface area (Å²) in [4.78, 5) is 7.37. The first-order valence-electron chi connectivity index (χ1n) is 8.82. The van der Waals surface area contributed by atoms with Gasteiger partial charge < -0.3 is 25.1 Å². The van der Waals surface area contributed by atoms with Crippen LogP contribution < -0.4 is 20.1 Å². The third kappa shape index (κ3) is 3.67. The van der Waals surface area contributed by atoms with Crippen molar-refractivity contribution in [2.24, 2.45) is 4.99 Å². The first-order valence-corrected chi connectivity index (χ1v) is 8.82. The van der Waals surface area contributed by atoms with E-state index in [9.17, 15) is 4.39 Å². The maximum Gasteiger partial charge on any atom is 0.231 e. The van der Waals surface area contributed by atoms with Gasteiger partial charge in [-0.15, -0.1) is 0 Å². The molecular weight excluding hydrogens is 347 g/mol. The Morgan fingerprint density at radius 1 is 1.19 bits per heavy atom. The molecular formula is C20H21FN4O2. The van der Waals surface area contributed by atoms with Crippen LogP contribution in [0.2, 0.25) is 0 Å². The average Bonchev–Trinajstić information content (AvgIpc) is 3.31. The van der Waals surface area contributed by atoms with Crippen LogP contribution in [0, 0.1) is 5.82 Å². The number of H-pyrrole nitrogens is 1. The van der Waals surface area contributed by atoms with Gasteiger partial charge in [0.15, 0.2) is 17.5 Å². The number of halogens is 1. The molecule has 140 valence electrons. The van der Waals surface area contributed by atoms with Gasteiger partial charge >= 0.3 is 0 Å². The molecule has 3 aromatic rings. The lowest BCUT2D eigenvalue weighted by Crippen LogP contribution is -2.37. The van der Waals surface area contributed by atoms with Gasteiger partial charge in [-0.25, -0.2) is 4.39 Å². The predicted molar refractivity (Wildman–Crippen MR) is 103 cm³/mol. The Hall–Kier alpha value is -3.22. The predicted octanol–water partition coefficient (Wildman–Crippen LogP) is 2.94. The first-order chi connectivity index (χ1) is 13.2. The third-order valence-corrected chi connectivity index (χ3v) is 4.56. The van der Waals surface area contributed by atoms with E-state index in [0.717, 1.165) is 39.9 Å². The lowest BCUT2D eigenvalue weighted by atomic mass is 10.1. The summed E-state index contributed by atoms with van der Waals surface area (Å²) in [6.45, 7) is 1.54. The van der Waals surface area contributed by atoms with Crippen molar-refractivity contribution in [3.8, 4) is 11.5 Å². The van der Waals surface area contributed by atoms with Crippen LogP contribution in [0.25, 0.3) is 10.9 Å². The average molecular weight is 368 g/mol. The molecule has 0 atom stereocenters. The molecule has 1 aliphatic heterocycles. The third-order valence-electron chi connectivity index (χ3n) is 4.56. The summed E-state index contributed by atoms with van der Waals surface area (Å²) < 4.78 is 24.2. The van der Waals surface area contributed by atoms with E-state index in [1.54, 1.807) is 7.05 Å². The Labute approximate surface area is 156 Å². The van der Waals surface area contributed by atoms with Crippen LogP contribution in [0.15, 0.2) is 47.6 Å². The lowest BCUT2D eigenvalue weighted by Gasteiger charge is -2.13. The molecule has 0 spiro atoms. The van der Waals surface area contributed by atoms with Gasteiger partial charge in [0, 0.05) is 42.8 Å². The van der Waals surface area contributed by atoms with Crippen molar-refractivity contribution < 1.29 is 13.9 Å². The molecule has 0 bridgehead atoms. The highest BCUT2D eigenvalue weighted by Gasteiger charge is 2.17. The van der Waals surface area contributed by atoms with Gasteiger partial charge in [-0.1, -0.05) is 12.1 Å². The quantitative estimate of drug-likeness (QED) is 0.478. The number of hydrogen-bond donors (Lipinski definition) is 3. The summed E-state index contributed by atoms with van der Waals surface area (Å²) in [6.07, 6.45) is 2.72. The Morgan fingerprint density at radius 2 is 2.11 bits per heavy atom. The molecule has 0 saturated carbocycles. The molecule has 4 rings (SSSR count). The summed E-state index contributed by atoms with van der Waals surface area (Å²) in [5.74, 6) is 2.03. The van der Waals surface area contributed by atoms with Crippen molar-refractivity contribution in [3.05, 3.63) is 59.5 Å². The van der Waals surface area contributed by atoms with Gasteiger partial charge in [-0.3, -0.25) is 4.99 Å². The Morgan fingerprint density at radius 3 is 3.00 bits per heavy atom. The first kappa shape index (κ1) is 17.2. The van der Waals surface area contributed by atoms with Crippen LogP contribution in [0.1, 0.15) is 11.1 Å². The molecule has 0 aliphatic carbocycles. The van der Waals surface area contributed by atoms with Crippen molar-refractivity contribution in [3.63, 3.8) is 0 Å². The van der Waals surface area contributed by atoms with Crippen LogP contribution in [-0.4, -0.2) is 31.3 Å². The smallest absolute Gasteiger partial charge is 0.231 e. The number of guanidine groups is 1. The van der Waals surface area contributed by atoms with E-state index >= 15 is 0 Å². The summed E-state index contributed by atoms with van der Waals surface area (Å²) >= 11 is 0. The summed E-state index contributed by atoms with van der Waals surface area (Å²) in [6, 6.07) is 10.6. The number of rotatable bonds is 5. The molecule has 27 heavy (non-hydrogen) atoms. The molecule has 0 amide bonds. The molecule has 3 N–H and O–H groups in total. The van der Waals surface area contributed by atoms with Crippen molar-refractivity contribution >= 4 is 16.9 Å². The van der Waals surface area contributed by atoms with E-state index in [1.165, 1.54) is 12.1 Å². The van der Waals surface area contributed by atoms with E-state index in [2.05, 4.69) is 20.6 Å². The summed E-state index contributed by atoms with van der Waals surface area (Å²) in [5, 5.41) is 7.63. The number of hydrogen-bond acceptors (Lipinski definition) is 3. The Bertz CT molecular complexity index is 983. The number of nitrogens with zero attached hydrogens (tertiary/aromatic N) is 1. The van der Waals surface area contributed by atoms with Gasteiger partial charge in [0.05, 0.1) is 0 Å². The van der Waals surface area contributed by atoms with E-state index in [1.807, 2.05) is 30.5 Å². The van der Waals surface area contributed by atoms with Gasteiger partial charge in [0.1, 0.15) is 5.82 Å². The standard InChI is InChI=1S/C20H21FN4O2/c1-22-20(25-11-14-3-2-4-18-19(14)27-12-26-18)23-8-7-13-10-24-17-9-15(21)5-6-16(13)17/h2-6,9-10,24H,7-8,11-12H2,1H3,(H2,22,23,25). The SMILES string of the molecule is CN=C(NCCc1c[nH]c2cc(F)ccc12)NCc1cccc2c1OCO2. The zero-order valence-electron chi connectivity index (χ0n) is 15.0. The molecule has 2 heterocycles. The van der Waals surface area contributed by atoms with Gasteiger partial charge in [-0.05, 0) is 36.2 Å². The summed E-state index contributed by atoms with van der Waals surface area (Å²) in [7, 11) is 1.73. The fraction of sp³-hybridized carbons (Fsp3) is 0.250. The van der Waals surface area contributed by atoms with Crippen molar-refractivity contribution in [1.29, 1.82) is 0 Å². The van der Waals surface area contributed by atoms with E-state index in [-0.39, 0.29) is 12.6 Å². The minimum Gasteiger partial charge on any atom is -0.454 e. The second kappa shape index (κ2) is 7.57. The monoisotopic (exact) mass is 368 g/mol. The second-order valence-electron chi connectivity index (χ2n) is 6.26. The van der Waals surface area contributed by atoms with Crippen molar-refractivity contribution in [2.45, 2.75) is 13.0 Å². The highest BCUT2D eigenvalue weighted by atomic mass is 19.1. The Balaban J connectivity index is 1.32. The number of para-hydroxylation sites is 1. The molecule has 0 unspecified atom stereocenters. The second-order valence-corrected chi connectivity index (χ2v) is 6.26. The zero-order chi connectivity index (χ0) is 18.6. The number of aliphatic imine (C=N–C) groups is 1. The molecule has 0 radical (unpaired) electrons. The maximum atomic E-state index is 13.3. The maximum absolute atomic E-state index is 13.3. The lowest BCUT2D eigenvalue weighted by molar-refractivity contribution is 0.173. The highest BCUT2D eigenvalue weighted by Crippen LogP contribution is 2.35. The van der Waals surface area contributed by atoms with Gasteiger partial charge in [0.25, 0.3) is 0 Å². The van der Waals surface area contributed by atoms with Crippen molar-refractivity contribution in [2.75, 3.05) is 20.4 Å². The van der Waals surface area contributed by atoms with E-state index in [0.29, 0.717) is 19.0 Å². The number of nitrogens with one attached hydrogen (secondary N) is 3. The molecule has 7 heteroatoms. The molecule has 0 fully saturated rings. The number of fused-ring (bicyclic) bond motifs is 2. The number of aromatic nitrogens is 1. The topological polar surface area (TPSA) is 70.7 Å². The molecule has 1 aliphatic rings. The van der Waals surface area contributed by atoms with E-state index < -0.39 is 0 Å². The molecule has 0 saturated heterocycles. The molecule has 6 nitrogen and oxygen atoms in total. The van der Waals surface area contributed by atoms with Crippen LogP contribution >= 0.6 is 0 Å². The Kier molecular flexibility index (Phi) is 4.82. The minimum atomic E-state index is -0.236. The number of benzene rings is 2. The largest absolute Gasteiger partial charge is 0.454 e. The number of ether oxygens (including phenoxy) is 2. The number of aromatic amines is 1. The van der Waals surface area contributed by atoms with Crippen LogP contribution in [0.5, 0.6) is 11.5 Å². The normalized spacial score (nSPS) is 13.2. The van der Waals surface area contributed by atoms with Crippen LogP contribution in [-0.2, 0) is 13.0 Å². The minimum absolute atomic E-state index is 0.236.